The third-order valence-corrected chi connectivity index (χ3v) is 1.22. The van der Waals surface area contributed by atoms with Crippen LogP contribution in [0.15, 0.2) is 5.10 Å². The van der Waals surface area contributed by atoms with Crippen LogP contribution in [0.25, 0.3) is 0 Å². The van der Waals surface area contributed by atoms with E-state index in [0.717, 1.165) is 5.71 Å². The van der Waals surface area contributed by atoms with E-state index >= 15 is 0 Å². The van der Waals surface area contributed by atoms with Crippen molar-refractivity contribution in [2.24, 2.45) is 10.9 Å². The van der Waals surface area contributed by atoms with Crippen molar-refractivity contribution in [3.8, 4) is 0 Å². The minimum atomic E-state index is -1.46. The van der Waals surface area contributed by atoms with Crippen LogP contribution in [0.2, 0.25) is 0 Å². The Balaban J connectivity index is 2.56. The van der Waals surface area contributed by atoms with E-state index in [4.69, 9.17) is 5.84 Å². The minimum absolute atomic E-state index is 0.508. The molecule has 1 aliphatic rings. The topological polar surface area (TPSA) is 94.7 Å². The van der Waals surface area contributed by atoms with Crippen molar-refractivity contribution in [1.82, 2.24) is 16.2 Å². The Hall–Kier alpha value is -0.690. The van der Waals surface area contributed by atoms with Gasteiger partial charge in [-0.3, -0.25) is 16.6 Å². The van der Waals surface area contributed by atoms with Crippen LogP contribution in [0.5, 0.6) is 0 Å². The summed E-state index contributed by atoms with van der Waals surface area (Å²) in [6.45, 7) is 2.34. The molecule has 6 N–H and O–H groups in total. The summed E-state index contributed by atoms with van der Waals surface area (Å²) in [5.74, 6) is 3.53. The first kappa shape index (κ1) is 7.42. The van der Waals surface area contributed by atoms with Gasteiger partial charge in [0, 0.05) is 12.3 Å². The molecule has 6 heteroatoms. The number of hydrazone groups is 1. The van der Waals surface area contributed by atoms with E-state index in [1.54, 1.807) is 0 Å². The lowest BCUT2D eigenvalue weighted by Gasteiger charge is -2.30. The van der Waals surface area contributed by atoms with Crippen molar-refractivity contribution in [3.05, 3.63) is 0 Å². The van der Waals surface area contributed by atoms with Crippen LogP contribution in [0.3, 0.4) is 0 Å². The van der Waals surface area contributed by atoms with Gasteiger partial charge >= 0.3 is 0 Å². The molecule has 0 spiro atoms. The summed E-state index contributed by atoms with van der Waals surface area (Å²) in [4.78, 5) is 0. The average Bonchev–Trinajstić information content (AvgIpc) is 1.96. The predicted molar refractivity (Wildman–Crippen MR) is 36.5 cm³/mol. The largest absolute Gasteiger partial charge is 0.344 e. The Labute approximate surface area is 58.4 Å². The summed E-state index contributed by atoms with van der Waals surface area (Å²) >= 11 is 0. The van der Waals surface area contributed by atoms with Gasteiger partial charge in [-0.15, -0.1) is 0 Å². The maximum atomic E-state index is 9.23. The zero-order chi connectivity index (χ0) is 7.61. The number of hydrogen-bond acceptors (Lipinski definition) is 6. The molecule has 0 saturated carbocycles. The molecule has 0 aromatic carbocycles. The molecule has 0 bridgehead atoms. The van der Waals surface area contributed by atoms with E-state index in [2.05, 4.69) is 21.3 Å². The van der Waals surface area contributed by atoms with Crippen LogP contribution < -0.4 is 22.0 Å². The first-order valence-electron chi connectivity index (χ1n) is 2.92. The van der Waals surface area contributed by atoms with Crippen LogP contribution >= 0.6 is 0 Å². The molecule has 1 rings (SSSR count). The van der Waals surface area contributed by atoms with Gasteiger partial charge in [0.15, 0.2) is 0 Å². The summed E-state index contributed by atoms with van der Waals surface area (Å²) in [6, 6.07) is 0. The maximum absolute atomic E-state index is 9.23. The number of hydrogen-bond donors (Lipinski definition) is 5. The van der Waals surface area contributed by atoms with E-state index in [0.29, 0.717) is 6.54 Å². The van der Waals surface area contributed by atoms with Gasteiger partial charge in [-0.2, -0.15) is 10.5 Å². The van der Waals surface area contributed by atoms with Crippen molar-refractivity contribution < 1.29 is 5.11 Å². The summed E-state index contributed by atoms with van der Waals surface area (Å²) in [5, 5.41) is 15.7. The van der Waals surface area contributed by atoms with Gasteiger partial charge in [-0.25, -0.2) is 0 Å². The molecule has 10 heavy (non-hydrogen) atoms. The van der Waals surface area contributed by atoms with Crippen LogP contribution in [-0.4, -0.2) is 23.3 Å². The van der Waals surface area contributed by atoms with Crippen LogP contribution in [0, 0.1) is 0 Å². The molecule has 1 heterocycles. The molecule has 0 fully saturated rings. The quantitative estimate of drug-likeness (QED) is 0.161. The fourth-order valence-electron chi connectivity index (χ4n) is 0.595. The van der Waals surface area contributed by atoms with Crippen molar-refractivity contribution in [2.45, 2.75) is 12.9 Å². The monoisotopic (exact) mass is 145 g/mol. The molecule has 0 aromatic heterocycles. The normalized spacial score (nSPS) is 32.9. The molecular formula is C4H11N5O. The molecular weight excluding hydrogens is 134 g/mol. The standard InChI is InChI=1S/C4H11N5O/c1-3-2-6-4(10,8-5)9-7-3/h6,8-10H,2,5H2,1H3. The summed E-state index contributed by atoms with van der Waals surface area (Å²) < 4.78 is 0. The minimum Gasteiger partial charge on any atom is -0.344 e. The second-order valence-corrected chi connectivity index (χ2v) is 2.17. The molecule has 1 unspecified atom stereocenters. The number of aliphatic hydroxyl groups is 1. The lowest BCUT2D eigenvalue weighted by molar-refractivity contribution is -0.0598. The van der Waals surface area contributed by atoms with Crippen LogP contribution in [0.1, 0.15) is 6.92 Å². The zero-order valence-corrected chi connectivity index (χ0v) is 5.68. The van der Waals surface area contributed by atoms with Crippen molar-refractivity contribution in [3.63, 3.8) is 0 Å². The Bertz CT molecular complexity index is 158. The maximum Gasteiger partial charge on any atom is 0.283 e. The fourth-order valence-corrected chi connectivity index (χ4v) is 0.595. The number of rotatable bonds is 1. The van der Waals surface area contributed by atoms with Crippen molar-refractivity contribution in [2.75, 3.05) is 6.54 Å². The highest BCUT2D eigenvalue weighted by Gasteiger charge is 2.26. The highest BCUT2D eigenvalue weighted by atomic mass is 16.4. The Morgan fingerprint density at radius 3 is 3.00 bits per heavy atom. The highest BCUT2D eigenvalue weighted by Crippen LogP contribution is 1.91. The molecule has 0 amide bonds. The van der Waals surface area contributed by atoms with E-state index < -0.39 is 5.97 Å². The van der Waals surface area contributed by atoms with Gasteiger partial charge in [0.1, 0.15) is 0 Å². The molecule has 6 nitrogen and oxygen atoms in total. The number of nitrogens with two attached hydrogens (primary N) is 1. The van der Waals surface area contributed by atoms with Crippen LogP contribution in [-0.2, 0) is 0 Å². The number of nitrogens with zero attached hydrogens (tertiary/aromatic N) is 1. The lowest BCUT2D eigenvalue weighted by Crippen LogP contribution is -2.70. The van der Waals surface area contributed by atoms with Gasteiger partial charge in [0.25, 0.3) is 5.97 Å². The van der Waals surface area contributed by atoms with E-state index in [1.165, 1.54) is 0 Å². The second-order valence-electron chi connectivity index (χ2n) is 2.17. The summed E-state index contributed by atoms with van der Waals surface area (Å²) in [6.07, 6.45) is 0. The third kappa shape index (κ3) is 1.42. The Morgan fingerprint density at radius 2 is 2.60 bits per heavy atom. The summed E-state index contributed by atoms with van der Waals surface area (Å²) in [5.41, 5.74) is 5.38. The smallest absolute Gasteiger partial charge is 0.283 e. The molecule has 0 aromatic rings. The van der Waals surface area contributed by atoms with Gasteiger partial charge in [0.05, 0.1) is 0 Å². The highest BCUT2D eigenvalue weighted by molar-refractivity contribution is 5.84. The predicted octanol–water partition coefficient (Wildman–Crippen LogP) is -2.38. The number of hydrazine groups is 1. The van der Waals surface area contributed by atoms with Gasteiger partial charge in [-0.05, 0) is 6.92 Å². The van der Waals surface area contributed by atoms with Crippen LogP contribution in [0.4, 0.5) is 0 Å². The first-order valence-corrected chi connectivity index (χ1v) is 2.92. The molecule has 58 valence electrons. The Kier molecular flexibility index (Phi) is 1.86. The van der Waals surface area contributed by atoms with Crippen molar-refractivity contribution >= 4 is 5.71 Å². The molecule has 0 aliphatic carbocycles. The summed E-state index contributed by atoms with van der Waals surface area (Å²) in [7, 11) is 0. The second kappa shape index (κ2) is 2.51. The molecule has 1 atom stereocenters. The lowest BCUT2D eigenvalue weighted by atomic mass is 10.4. The van der Waals surface area contributed by atoms with E-state index in [1.807, 2.05) is 6.92 Å². The van der Waals surface area contributed by atoms with Gasteiger partial charge in [-0.1, -0.05) is 0 Å². The molecule has 0 radical (unpaired) electrons. The van der Waals surface area contributed by atoms with Gasteiger partial charge in [0.2, 0.25) is 0 Å². The SMILES string of the molecule is CC1=NNC(O)(NN)NC1. The third-order valence-electron chi connectivity index (χ3n) is 1.22. The number of nitrogens with one attached hydrogen (secondary N) is 3. The average molecular weight is 145 g/mol. The molecule has 0 saturated heterocycles. The first-order chi connectivity index (χ1) is 4.66. The van der Waals surface area contributed by atoms with Gasteiger partial charge < -0.3 is 5.11 Å². The zero-order valence-electron chi connectivity index (χ0n) is 5.68. The molecule has 1 aliphatic heterocycles. The van der Waals surface area contributed by atoms with E-state index in [-0.39, 0.29) is 0 Å². The fraction of sp³-hybridized carbons (Fsp3) is 0.750. The Morgan fingerprint density at radius 1 is 1.90 bits per heavy atom. The van der Waals surface area contributed by atoms with Crippen molar-refractivity contribution in [1.29, 1.82) is 0 Å². The van der Waals surface area contributed by atoms with E-state index in [9.17, 15) is 5.11 Å².